The molecule has 8 rings (SSSR count). The van der Waals surface area contributed by atoms with Gasteiger partial charge in [0.25, 0.3) is 0 Å². The van der Waals surface area contributed by atoms with Gasteiger partial charge in [0.1, 0.15) is 29.5 Å². The van der Waals surface area contributed by atoms with Gasteiger partial charge in [-0.15, -0.1) is 6.42 Å². The van der Waals surface area contributed by atoms with Gasteiger partial charge in [-0.1, -0.05) is 54.5 Å². The molecule has 4 aliphatic rings. The predicted molar refractivity (Wildman–Crippen MR) is 168 cm³/mol. The molecule has 4 saturated heterocycles. The third kappa shape index (κ3) is 4.27. The molecule has 44 heavy (non-hydrogen) atoms. The number of pyridine rings is 1. The Balaban J connectivity index is 1.26. The second kappa shape index (κ2) is 10.1. The molecule has 4 aromatic rings. The van der Waals surface area contributed by atoms with Gasteiger partial charge in [-0.3, -0.25) is 9.88 Å². The molecular weight excluding hydrogens is 558 g/mol. The number of anilines is 1. The molecule has 0 amide bonds. The summed E-state index contributed by atoms with van der Waals surface area (Å²) in [6, 6.07) is 9.08. The van der Waals surface area contributed by atoms with Crippen molar-refractivity contribution in [1.82, 2.24) is 25.2 Å². The zero-order valence-electron chi connectivity index (χ0n) is 24.4. The van der Waals surface area contributed by atoms with Crippen molar-refractivity contribution in [3.63, 3.8) is 0 Å². The molecule has 0 radical (unpaired) electrons. The Kier molecular flexibility index (Phi) is 6.23. The van der Waals surface area contributed by atoms with Crippen LogP contribution >= 0.6 is 0 Å². The van der Waals surface area contributed by atoms with E-state index in [1.54, 1.807) is 24.4 Å². The fourth-order valence-corrected chi connectivity index (χ4v) is 7.83. The van der Waals surface area contributed by atoms with E-state index < -0.39 is 11.6 Å². The first-order valence-electron chi connectivity index (χ1n) is 15.1. The van der Waals surface area contributed by atoms with Crippen molar-refractivity contribution in [3.05, 3.63) is 78.0 Å². The lowest BCUT2D eigenvalue weighted by atomic mass is 9.92. The average Bonchev–Trinajstić information content (AvgIpc) is 3.62. The summed E-state index contributed by atoms with van der Waals surface area (Å²) in [4.78, 5) is 18.7. The van der Waals surface area contributed by atoms with E-state index in [1.165, 1.54) is 6.07 Å². The van der Waals surface area contributed by atoms with Gasteiger partial charge in [0.15, 0.2) is 5.82 Å². The maximum absolute atomic E-state index is 16.8. The van der Waals surface area contributed by atoms with E-state index >= 15 is 4.39 Å². The summed E-state index contributed by atoms with van der Waals surface area (Å²) in [6.45, 7) is 11.9. The molecule has 4 fully saturated rings. The highest BCUT2D eigenvalue weighted by Gasteiger charge is 2.48. The molecule has 222 valence electrons. The number of nitrogens with zero attached hydrogens (tertiary/aromatic N) is 5. The fourth-order valence-electron chi connectivity index (χ4n) is 7.83. The standard InChI is InChI=1S/C35H32F2N6O/c1-4-25-28(36)11-8-22-6-5-7-26(29(22)25)31-30(37)32-27(14-38-31)33(42-17-23-9-10-24(18-42)39-23)41-34(40-32)44-19-35-12-20(2)15-43(35)16-21(3)13-35/h1,5-8,11,14,23-24,39H,2-3,9-10,12-13,15-19H2/t23-,24+. The number of rotatable bonds is 5. The molecule has 2 aromatic heterocycles. The second-order valence-electron chi connectivity index (χ2n) is 12.7. The smallest absolute Gasteiger partial charge is 0.319 e. The summed E-state index contributed by atoms with van der Waals surface area (Å²) < 4.78 is 37.9. The average molecular weight is 591 g/mol. The number of hydrogen-bond donors (Lipinski definition) is 1. The van der Waals surface area contributed by atoms with Crippen LogP contribution in [0.1, 0.15) is 31.2 Å². The molecular formula is C35H32F2N6O. The quantitative estimate of drug-likeness (QED) is 0.247. The van der Waals surface area contributed by atoms with E-state index in [4.69, 9.17) is 16.1 Å². The molecule has 2 bridgehead atoms. The Morgan fingerprint density at radius 1 is 1.05 bits per heavy atom. The minimum atomic E-state index is -0.628. The minimum Gasteiger partial charge on any atom is -0.461 e. The topological polar surface area (TPSA) is 66.4 Å². The molecule has 0 spiro atoms. The molecule has 4 aliphatic heterocycles. The highest BCUT2D eigenvalue weighted by atomic mass is 19.1. The SMILES string of the molecule is C#Cc1c(F)ccc2cccc(-c3ncc4c(N5C[C@H]6CC[C@@H](C5)N6)nc(OCC56CC(=C)CN5CC(=C)C6)nc4c3F)c12. The van der Waals surface area contributed by atoms with Crippen LogP contribution in [-0.4, -0.2) is 70.3 Å². The molecule has 6 heterocycles. The Bertz CT molecular complexity index is 1900. The lowest BCUT2D eigenvalue weighted by Gasteiger charge is -2.34. The Morgan fingerprint density at radius 2 is 1.80 bits per heavy atom. The van der Waals surface area contributed by atoms with E-state index in [-0.39, 0.29) is 28.3 Å². The lowest BCUT2D eigenvalue weighted by molar-refractivity contribution is 0.108. The Labute approximate surface area is 254 Å². The minimum absolute atomic E-state index is 0.0464. The molecule has 0 unspecified atom stereocenters. The van der Waals surface area contributed by atoms with Crippen LogP contribution in [0, 0.1) is 24.0 Å². The molecule has 7 nitrogen and oxygen atoms in total. The summed E-state index contributed by atoms with van der Waals surface area (Å²) in [6.07, 6.45) is 11.1. The van der Waals surface area contributed by atoms with Crippen LogP contribution in [0.15, 0.2) is 60.8 Å². The fraction of sp³-hybridized carbons (Fsp3) is 0.343. The van der Waals surface area contributed by atoms with Crippen LogP contribution in [0.2, 0.25) is 0 Å². The highest BCUT2D eigenvalue weighted by molar-refractivity contribution is 6.02. The van der Waals surface area contributed by atoms with Gasteiger partial charge in [-0.25, -0.2) is 8.78 Å². The first-order chi connectivity index (χ1) is 21.3. The van der Waals surface area contributed by atoms with E-state index in [9.17, 15) is 4.39 Å². The van der Waals surface area contributed by atoms with Gasteiger partial charge in [0.2, 0.25) is 0 Å². The number of ether oxygens (including phenoxy) is 1. The number of benzene rings is 2. The van der Waals surface area contributed by atoms with Crippen LogP contribution in [0.25, 0.3) is 32.9 Å². The van der Waals surface area contributed by atoms with Gasteiger partial charge in [-0.2, -0.15) is 9.97 Å². The highest BCUT2D eigenvalue weighted by Crippen LogP contribution is 2.43. The zero-order chi connectivity index (χ0) is 30.2. The normalized spacial score (nSPS) is 22.6. The predicted octanol–water partition coefficient (Wildman–Crippen LogP) is 5.38. The van der Waals surface area contributed by atoms with Gasteiger partial charge < -0.3 is 15.0 Å². The lowest BCUT2D eigenvalue weighted by Crippen LogP contribution is -2.51. The molecule has 2 aromatic carbocycles. The molecule has 1 N–H and O–H groups in total. The Morgan fingerprint density at radius 3 is 2.52 bits per heavy atom. The number of piperazine rings is 1. The van der Waals surface area contributed by atoms with E-state index in [1.807, 2.05) is 6.07 Å². The maximum Gasteiger partial charge on any atom is 0.319 e. The third-order valence-electron chi connectivity index (χ3n) is 9.68. The maximum atomic E-state index is 16.8. The van der Waals surface area contributed by atoms with Crippen molar-refractivity contribution < 1.29 is 13.5 Å². The number of hydrogen-bond acceptors (Lipinski definition) is 7. The summed E-state index contributed by atoms with van der Waals surface area (Å²) in [7, 11) is 0. The summed E-state index contributed by atoms with van der Waals surface area (Å²) in [5.41, 5.74) is 2.71. The van der Waals surface area contributed by atoms with Crippen molar-refractivity contribution in [1.29, 1.82) is 0 Å². The van der Waals surface area contributed by atoms with Crippen molar-refractivity contribution >= 4 is 27.5 Å². The van der Waals surface area contributed by atoms with E-state index in [0.29, 0.717) is 46.2 Å². The molecule has 0 aliphatic carbocycles. The zero-order valence-corrected chi connectivity index (χ0v) is 24.4. The molecule has 2 atom stereocenters. The van der Waals surface area contributed by atoms with Gasteiger partial charge in [0, 0.05) is 55.4 Å². The number of terminal acetylenes is 1. The third-order valence-corrected chi connectivity index (χ3v) is 9.68. The molecule has 0 saturated carbocycles. The van der Waals surface area contributed by atoms with E-state index in [0.717, 1.165) is 63.0 Å². The van der Waals surface area contributed by atoms with E-state index in [2.05, 4.69) is 44.2 Å². The van der Waals surface area contributed by atoms with Crippen molar-refractivity contribution in [2.45, 2.75) is 43.3 Å². The van der Waals surface area contributed by atoms with Crippen molar-refractivity contribution in [2.75, 3.05) is 37.7 Å². The largest absolute Gasteiger partial charge is 0.461 e. The first-order valence-corrected chi connectivity index (χ1v) is 15.1. The second-order valence-corrected chi connectivity index (χ2v) is 12.7. The van der Waals surface area contributed by atoms with Gasteiger partial charge in [0.05, 0.1) is 16.5 Å². The first kappa shape index (κ1) is 27.2. The van der Waals surface area contributed by atoms with Crippen molar-refractivity contribution in [3.8, 4) is 29.6 Å². The summed E-state index contributed by atoms with van der Waals surface area (Å²) in [5, 5.41) is 5.29. The van der Waals surface area contributed by atoms with Crippen LogP contribution in [0.3, 0.4) is 0 Å². The van der Waals surface area contributed by atoms with Gasteiger partial charge >= 0.3 is 6.01 Å². The van der Waals surface area contributed by atoms with Crippen LogP contribution in [0.4, 0.5) is 14.6 Å². The number of aromatic nitrogens is 3. The number of halogens is 2. The van der Waals surface area contributed by atoms with Crippen LogP contribution < -0.4 is 15.0 Å². The summed E-state index contributed by atoms with van der Waals surface area (Å²) in [5.74, 6) is 1.89. The number of nitrogens with one attached hydrogen (secondary N) is 1. The van der Waals surface area contributed by atoms with Crippen LogP contribution in [0.5, 0.6) is 6.01 Å². The summed E-state index contributed by atoms with van der Waals surface area (Å²) >= 11 is 0. The molecule has 9 heteroatoms. The Hall–Kier alpha value is -4.39. The monoisotopic (exact) mass is 590 g/mol. The van der Waals surface area contributed by atoms with Gasteiger partial charge in [-0.05, 0) is 37.1 Å². The number of fused-ring (bicyclic) bond motifs is 5. The van der Waals surface area contributed by atoms with Crippen LogP contribution in [-0.2, 0) is 0 Å². The van der Waals surface area contributed by atoms with Crippen molar-refractivity contribution in [2.24, 2.45) is 0 Å².